The third kappa shape index (κ3) is 2.68. The normalized spacial score (nSPS) is 26.3. The third-order valence-electron chi connectivity index (χ3n) is 7.44. The molecule has 2 aliphatic rings. The van der Waals surface area contributed by atoms with Crippen LogP contribution in [0.25, 0.3) is 43.7 Å². The summed E-state index contributed by atoms with van der Waals surface area (Å²) in [7, 11) is 0. The Bertz CT molecular complexity index is 1790. The molecule has 12 nitrogen and oxygen atoms in total. The number of aliphatic hydroxyl groups excluding tert-OH is 4. The van der Waals surface area contributed by atoms with E-state index in [-0.39, 0.29) is 11.1 Å². The zero-order valence-corrected chi connectivity index (χ0v) is 19.1. The summed E-state index contributed by atoms with van der Waals surface area (Å²) < 4.78 is 7.44. The number of hydrogen-bond donors (Lipinski definition) is 6. The number of carbonyl (C=O) groups is 2. The summed E-state index contributed by atoms with van der Waals surface area (Å²) in [6.07, 6.45) is -5.77. The number of aliphatic hydroxyl groups is 4. The number of benzene rings is 2. The number of H-pyrrole nitrogens is 1. The number of rotatable bonds is 2. The molecular weight excluding hydrogens is 482 g/mol. The molecule has 3 aromatic heterocycles. The molecule has 188 valence electrons. The van der Waals surface area contributed by atoms with Crippen LogP contribution >= 0.6 is 0 Å². The highest BCUT2D eigenvalue weighted by atomic mass is 16.6. The SMILES string of the molecule is NN1C(=O)c2c(c3c4cccnc4n(C4OC(CO)C(O)C(O)C4O)c3c3[nH]c4ccccc4c23)C1=O. The summed E-state index contributed by atoms with van der Waals surface area (Å²) in [6.45, 7) is -0.613. The van der Waals surface area contributed by atoms with Gasteiger partial charge in [-0.3, -0.25) is 14.2 Å². The van der Waals surface area contributed by atoms with Gasteiger partial charge in [-0.1, -0.05) is 18.2 Å². The van der Waals surface area contributed by atoms with Crippen LogP contribution in [0.4, 0.5) is 0 Å². The lowest BCUT2D eigenvalue weighted by atomic mass is 9.96. The molecule has 0 radical (unpaired) electrons. The van der Waals surface area contributed by atoms with E-state index in [4.69, 9.17) is 10.6 Å². The lowest BCUT2D eigenvalue weighted by Crippen LogP contribution is -2.56. The highest BCUT2D eigenvalue weighted by Gasteiger charge is 2.47. The predicted octanol–water partition coefficient (Wildman–Crippen LogP) is 0.266. The Morgan fingerprint density at radius 1 is 0.946 bits per heavy atom. The molecule has 0 spiro atoms. The van der Waals surface area contributed by atoms with Crippen LogP contribution in [0.3, 0.4) is 0 Å². The van der Waals surface area contributed by atoms with Crippen molar-refractivity contribution < 1.29 is 34.8 Å². The maximum atomic E-state index is 13.4. The van der Waals surface area contributed by atoms with Crippen LogP contribution in [0.15, 0.2) is 42.6 Å². The molecule has 5 aromatic rings. The number of amides is 2. The molecule has 5 atom stereocenters. The smallest absolute Gasteiger partial charge is 0.276 e. The zero-order chi connectivity index (χ0) is 25.7. The van der Waals surface area contributed by atoms with Crippen molar-refractivity contribution in [3.8, 4) is 0 Å². The van der Waals surface area contributed by atoms with Gasteiger partial charge in [-0.2, -0.15) is 0 Å². The molecule has 0 aliphatic carbocycles. The largest absolute Gasteiger partial charge is 0.394 e. The fraction of sp³-hybridized carbons (Fsp3) is 0.240. The predicted molar refractivity (Wildman–Crippen MR) is 130 cm³/mol. The average molecular weight is 503 g/mol. The number of nitrogens with one attached hydrogen (secondary N) is 1. The van der Waals surface area contributed by atoms with E-state index in [2.05, 4.69) is 9.97 Å². The molecule has 12 heteroatoms. The van der Waals surface area contributed by atoms with Gasteiger partial charge >= 0.3 is 0 Å². The zero-order valence-electron chi connectivity index (χ0n) is 19.1. The number of ether oxygens (including phenoxy) is 1. The van der Waals surface area contributed by atoms with Crippen molar-refractivity contribution in [3.63, 3.8) is 0 Å². The minimum Gasteiger partial charge on any atom is -0.394 e. The minimum atomic E-state index is -1.64. The second kappa shape index (κ2) is 7.55. The van der Waals surface area contributed by atoms with Crippen molar-refractivity contribution >= 4 is 55.6 Å². The molecule has 2 amide bonds. The highest BCUT2D eigenvalue weighted by Crippen LogP contribution is 2.46. The Labute approximate surface area is 207 Å². The van der Waals surface area contributed by atoms with Crippen LogP contribution < -0.4 is 5.84 Å². The molecule has 5 heterocycles. The van der Waals surface area contributed by atoms with Crippen LogP contribution in [0.5, 0.6) is 0 Å². The number of fused-ring (bicyclic) bond motifs is 10. The minimum absolute atomic E-state index is 0.0982. The van der Waals surface area contributed by atoms with E-state index in [9.17, 15) is 30.0 Å². The lowest BCUT2D eigenvalue weighted by Gasteiger charge is -2.40. The molecule has 2 aromatic carbocycles. The van der Waals surface area contributed by atoms with Crippen molar-refractivity contribution in [1.29, 1.82) is 0 Å². The topological polar surface area (TPSA) is 187 Å². The number of imide groups is 1. The standard InChI is InChI=1S/C25H21N5O7/c26-30-23(35)15-13-9-4-1-2-6-11(9)28-17(13)18-14(16(15)24(30)36)10-5-3-7-27-22(10)29(18)25-21(34)20(33)19(32)12(8-31)37-25/h1-7,12,19-21,25,28,31-34H,8,26H2. The Kier molecular flexibility index (Phi) is 4.55. The van der Waals surface area contributed by atoms with Crippen molar-refractivity contribution in [2.75, 3.05) is 6.61 Å². The summed E-state index contributed by atoms with van der Waals surface area (Å²) in [5, 5.41) is 44.3. The summed E-state index contributed by atoms with van der Waals surface area (Å²) in [4.78, 5) is 34.4. The number of aromatic amines is 1. The molecule has 0 saturated carbocycles. The quantitative estimate of drug-likeness (QED) is 0.112. The lowest BCUT2D eigenvalue weighted by molar-refractivity contribution is -0.249. The first-order valence-corrected chi connectivity index (χ1v) is 11.6. The fourth-order valence-electron chi connectivity index (χ4n) is 5.77. The number of para-hydroxylation sites is 1. The van der Waals surface area contributed by atoms with E-state index in [0.717, 1.165) is 0 Å². The summed E-state index contributed by atoms with van der Waals surface area (Å²) in [5.74, 6) is 4.57. The monoisotopic (exact) mass is 503 g/mol. The van der Waals surface area contributed by atoms with Crippen LogP contribution in [0.1, 0.15) is 26.9 Å². The van der Waals surface area contributed by atoms with Gasteiger partial charge in [0.1, 0.15) is 30.1 Å². The molecule has 5 unspecified atom stereocenters. The van der Waals surface area contributed by atoms with E-state index in [0.29, 0.717) is 48.8 Å². The maximum Gasteiger partial charge on any atom is 0.276 e. The van der Waals surface area contributed by atoms with E-state index in [1.165, 1.54) is 10.8 Å². The number of hydrazine groups is 1. The van der Waals surface area contributed by atoms with Gasteiger partial charge in [-0.25, -0.2) is 15.8 Å². The Balaban J connectivity index is 1.71. The van der Waals surface area contributed by atoms with Gasteiger partial charge in [0.25, 0.3) is 11.8 Å². The van der Waals surface area contributed by atoms with Gasteiger partial charge < -0.3 is 30.1 Å². The number of aromatic nitrogens is 3. The molecule has 2 aliphatic heterocycles. The van der Waals surface area contributed by atoms with E-state index in [1.807, 2.05) is 24.3 Å². The Hall–Kier alpha value is -3.91. The van der Waals surface area contributed by atoms with Gasteiger partial charge in [-0.15, -0.1) is 0 Å². The Morgan fingerprint density at radius 2 is 1.65 bits per heavy atom. The van der Waals surface area contributed by atoms with Gasteiger partial charge in [0.2, 0.25) is 0 Å². The maximum absolute atomic E-state index is 13.4. The summed E-state index contributed by atoms with van der Waals surface area (Å²) in [5.41, 5.74) is 2.11. The molecule has 1 fully saturated rings. The first kappa shape index (κ1) is 22.3. The first-order valence-electron chi connectivity index (χ1n) is 11.6. The van der Waals surface area contributed by atoms with Crippen LogP contribution in [0.2, 0.25) is 0 Å². The third-order valence-corrected chi connectivity index (χ3v) is 7.44. The Morgan fingerprint density at radius 3 is 2.41 bits per heavy atom. The van der Waals surface area contributed by atoms with Crippen LogP contribution in [-0.2, 0) is 4.74 Å². The summed E-state index contributed by atoms with van der Waals surface area (Å²) >= 11 is 0. The van der Waals surface area contributed by atoms with Crippen LogP contribution in [-0.4, -0.2) is 82.8 Å². The molecule has 7 N–H and O–H groups in total. The van der Waals surface area contributed by atoms with Gasteiger partial charge in [-0.05, 0) is 18.2 Å². The number of carbonyl (C=O) groups excluding carboxylic acids is 2. The second-order valence-electron chi connectivity index (χ2n) is 9.34. The number of nitrogens with zero attached hydrogens (tertiary/aromatic N) is 3. The molecule has 0 bridgehead atoms. The molecule has 37 heavy (non-hydrogen) atoms. The van der Waals surface area contributed by atoms with Gasteiger partial charge in [0.05, 0.1) is 28.8 Å². The van der Waals surface area contributed by atoms with Crippen molar-refractivity contribution in [2.24, 2.45) is 5.84 Å². The van der Waals surface area contributed by atoms with Crippen LogP contribution in [0, 0.1) is 0 Å². The molecular formula is C25H21N5O7. The van der Waals surface area contributed by atoms with Crippen molar-refractivity contribution in [2.45, 2.75) is 30.6 Å². The number of nitrogens with two attached hydrogens (primary N) is 1. The fourth-order valence-corrected chi connectivity index (χ4v) is 5.77. The van der Waals surface area contributed by atoms with Gasteiger partial charge in [0.15, 0.2) is 6.23 Å². The van der Waals surface area contributed by atoms with Crippen molar-refractivity contribution in [3.05, 3.63) is 53.7 Å². The molecule has 7 rings (SSSR count). The van der Waals surface area contributed by atoms with E-state index < -0.39 is 49.1 Å². The highest BCUT2D eigenvalue weighted by molar-refractivity contribution is 6.38. The molecule has 1 saturated heterocycles. The van der Waals surface area contributed by atoms with Crippen molar-refractivity contribution in [1.82, 2.24) is 19.5 Å². The summed E-state index contributed by atoms with van der Waals surface area (Å²) in [6, 6.07) is 10.7. The average Bonchev–Trinajstić information content (AvgIpc) is 3.53. The first-order chi connectivity index (χ1) is 17.8. The number of pyridine rings is 1. The van der Waals surface area contributed by atoms with E-state index >= 15 is 0 Å². The number of hydrogen-bond acceptors (Lipinski definition) is 9. The second-order valence-corrected chi connectivity index (χ2v) is 9.34. The van der Waals surface area contributed by atoms with E-state index in [1.54, 1.807) is 12.1 Å². The van der Waals surface area contributed by atoms with Gasteiger partial charge in [0, 0.05) is 33.3 Å².